The third-order valence-corrected chi connectivity index (χ3v) is 3.39. The van der Waals surface area contributed by atoms with Gasteiger partial charge in [0.25, 0.3) is 0 Å². The topological polar surface area (TPSA) is 77.8 Å². The maximum atomic E-state index is 10.2. The molecule has 4 nitrogen and oxygen atoms in total. The minimum absolute atomic E-state index is 0.167. The first-order valence-corrected chi connectivity index (χ1v) is 8.53. The van der Waals surface area contributed by atoms with E-state index < -0.39 is 5.97 Å². The van der Waals surface area contributed by atoms with Crippen LogP contribution in [-0.4, -0.2) is 27.4 Å². The Labute approximate surface area is 145 Å². The van der Waals surface area contributed by atoms with Gasteiger partial charge in [0.15, 0.2) is 0 Å². The molecular formula is C20H30O4. The van der Waals surface area contributed by atoms with Gasteiger partial charge in [0, 0.05) is 12.5 Å². The predicted molar refractivity (Wildman–Crippen MR) is 98.9 cm³/mol. The van der Waals surface area contributed by atoms with Crippen molar-refractivity contribution in [3.05, 3.63) is 60.4 Å². The van der Waals surface area contributed by atoms with Crippen LogP contribution in [0.1, 0.15) is 51.9 Å². The van der Waals surface area contributed by atoms with E-state index in [4.69, 9.17) is 5.11 Å². The van der Waals surface area contributed by atoms with Crippen molar-refractivity contribution in [3.8, 4) is 0 Å². The van der Waals surface area contributed by atoms with Crippen molar-refractivity contribution in [2.45, 2.75) is 58.0 Å². The Kier molecular flexibility index (Phi) is 14.4. The Morgan fingerprint density at radius 1 is 0.875 bits per heavy atom. The predicted octanol–water partition coefficient (Wildman–Crippen LogP) is 4.85. The minimum atomic E-state index is -0.970. The molecule has 0 rings (SSSR count). The molecule has 0 radical (unpaired) electrons. The third kappa shape index (κ3) is 16.3. The summed E-state index contributed by atoms with van der Waals surface area (Å²) in [5.74, 6) is -0.601. The minimum Gasteiger partial charge on any atom is -0.512 e. The van der Waals surface area contributed by atoms with Crippen LogP contribution in [-0.2, 0) is 4.79 Å². The molecule has 0 amide bonds. The number of carbonyl (C=O) groups is 1. The van der Waals surface area contributed by atoms with E-state index in [0.29, 0.717) is 12.2 Å². The number of carboxylic acid groups (broad SMARTS) is 1. The van der Waals surface area contributed by atoms with Gasteiger partial charge in [-0.1, -0.05) is 68.7 Å². The summed E-state index contributed by atoms with van der Waals surface area (Å²) in [5, 5.41) is 27.5. The lowest BCUT2D eigenvalue weighted by Crippen LogP contribution is -2.03. The van der Waals surface area contributed by atoms with E-state index in [0.717, 1.165) is 44.6 Å². The Morgan fingerprint density at radius 3 is 2.08 bits per heavy atom. The summed E-state index contributed by atoms with van der Waals surface area (Å²) in [7, 11) is 0. The molecule has 0 aliphatic rings. The zero-order valence-corrected chi connectivity index (χ0v) is 14.5. The summed E-state index contributed by atoms with van der Waals surface area (Å²) in [6, 6.07) is 0. The summed E-state index contributed by atoms with van der Waals surface area (Å²) in [4.78, 5) is 10.2. The Bertz CT molecular complexity index is 470. The summed E-state index contributed by atoms with van der Waals surface area (Å²) < 4.78 is 0. The second-order valence-electron chi connectivity index (χ2n) is 5.53. The molecule has 0 aromatic carbocycles. The van der Waals surface area contributed by atoms with Crippen LogP contribution in [0, 0.1) is 0 Å². The van der Waals surface area contributed by atoms with E-state index in [9.17, 15) is 15.0 Å². The molecule has 0 heterocycles. The van der Waals surface area contributed by atoms with E-state index in [1.165, 1.54) is 6.08 Å². The van der Waals surface area contributed by atoms with Crippen molar-refractivity contribution in [2.24, 2.45) is 0 Å². The number of allylic oxidation sites excluding steroid dienone is 9. The normalized spacial score (nSPS) is 14.5. The Balaban J connectivity index is 3.76. The van der Waals surface area contributed by atoms with Crippen molar-refractivity contribution >= 4 is 5.97 Å². The van der Waals surface area contributed by atoms with Gasteiger partial charge in [0.05, 0.1) is 11.9 Å². The molecule has 0 saturated heterocycles. The quantitative estimate of drug-likeness (QED) is 0.195. The highest BCUT2D eigenvalue weighted by Gasteiger charge is 1.99. The van der Waals surface area contributed by atoms with Crippen LogP contribution in [0.15, 0.2) is 60.4 Å². The molecule has 0 bridgehead atoms. The highest BCUT2D eigenvalue weighted by molar-refractivity contribution is 5.80. The molecule has 0 saturated carbocycles. The van der Waals surface area contributed by atoms with Crippen molar-refractivity contribution < 1.29 is 20.1 Å². The van der Waals surface area contributed by atoms with Gasteiger partial charge in [-0.2, -0.15) is 0 Å². The lowest BCUT2D eigenvalue weighted by molar-refractivity contribution is -0.131. The largest absolute Gasteiger partial charge is 0.512 e. The van der Waals surface area contributed by atoms with E-state index in [-0.39, 0.29) is 6.10 Å². The SMILES string of the molecule is CCC(O)CCCCCCC(O)=CC=CC=CC=CC=CC(=O)O. The van der Waals surface area contributed by atoms with Gasteiger partial charge >= 0.3 is 5.97 Å². The van der Waals surface area contributed by atoms with Crippen molar-refractivity contribution in [2.75, 3.05) is 0 Å². The molecule has 3 N–H and O–H groups in total. The van der Waals surface area contributed by atoms with E-state index in [2.05, 4.69) is 0 Å². The average molecular weight is 334 g/mol. The molecule has 0 aromatic rings. The molecule has 134 valence electrons. The molecule has 0 aliphatic carbocycles. The lowest BCUT2D eigenvalue weighted by atomic mass is 10.1. The molecule has 1 atom stereocenters. The van der Waals surface area contributed by atoms with Gasteiger partial charge in [-0.05, 0) is 25.3 Å². The van der Waals surface area contributed by atoms with Crippen molar-refractivity contribution in [3.63, 3.8) is 0 Å². The number of aliphatic hydroxyl groups excluding tert-OH is 2. The molecule has 0 aliphatic heterocycles. The average Bonchev–Trinajstić information content (AvgIpc) is 2.55. The van der Waals surface area contributed by atoms with Crippen LogP contribution in [0.4, 0.5) is 0 Å². The number of aliphatic carboxylic acids is 1. The Hall–Kier alpha value is -2.07. The molecular weight excluding hydrogens is 304 g/mol. The van der Waals surface area contributed by atoms with Crippen LogP contribution in [0.3, 0.4) is 0 Å². The molecule has 1 unspecified atom stereocenters. The van der Waals surface area contributed by atoms with Crippen LogP contribution >= 0.6 is 0 Å². The van der Waals surface area contributed by atoms with Gasteiger partial charge in [0.2, 0.25) is 0 Å². The maximum Gasteiger partial charge on any atom is 0.328 e. The summed E-state index contributed by atoms with van der Waals surface area (Å²) in [6.07, 6.45) is 21.0. The van der Waals surface area contributed by atoms with Crippen LogP contribution in [0.25, 0.3) is 0 Å². The zero-order chi connectivity index (χ0) is 18.0. The summed E-state index contributed by atoms with van der Waals surface area (Å²) in [5.41, 5.74) is 0. The number of hydrogen-bond acceptors (Lipinski definition) is 3. The number of aliphatic hydroxyl groups is 2. The smallest absolute Gasteiger partial charge is 0.328 e. The number of carboxylic acids is 1. The fourth-order valence-electron chi connectivity index (χ4n) is 1.95. The lowest BCUT2D eigenvalue weighted by Gasteiger charge is -2.06. The van der Waals surface area contributed by atoms with Gasteiger partial charge < -0.3 is 15.3 Å². The fourth-order valence-corrected chi connectivity index (χ4v) is 1.95. The van der Waals surface area contributed by atoms with Crippen molar-refractivity contribution in [1.29, 1.82) is 0 Å². The number of hydrogen-bond donors (Lipinski definition) is 3. The first kappa shape index (κ1) is 21.9. The summed E-state index contributed by atoms with van der Waals surface area (Å²) >= 11 is 0. The van der Waals surface area contributed by atoms with Gasteiger partial charge in [0.1, 0.15) is 0 Å². The molecule has 0 spiro atoms. The Morgan fingerprint density at radius 2 is 1.46 bits per heavy atom. The summed E-state index contributed by atoms with van der Waals surface area (Å²) in [6.45, 7) is 1.99. The number of unbranched alkanes of at least 4 members (excludes halogenated alkanes) is 3. The van der Waals surface area contributed by atoms with Crippen LogP contribution in [0.5, 0.6) is 0 Å². The van der Waals surface area contributed by atoms with Crippen molar-refractivity contribution in [1.82, 2.24) is 0 Å². The van der Waals surface area contributed by atoms with Crippen LogP contribution < -0.4 is 0 Å². The second-order valence-corrected chi connectivity index (χ2v) is 5.53. The fraction of sp³-hybridized carbons (Fsp3) is 0.450. The highest BCUT2D eigenvalue weighted by atomic mass is 16.4. The molecule has 0 fully saturated rings. The first-order chi connectivity index (χ1) is 11.6. The van der Waals surface area contributed by atoms with Crippen LogP contribution in [0.2, 0.25) is 0 Å². The second kappa shape index (κ2) is 15.8. The highest BCUT2D eigenvalue weighted by Crippen LogP contribution is 2.11. The van der Waals surface area contributed by atoms with E-state index >= 15 is 0 Å². The molecule has 0 aromatic heterocycles. The monoisotopic (exact) mass is 334 g/mol. The number of rotatable bonds is 13. The first-order valence-electron chi connectivity index (χ1n) is 8.53. The standard InChI is InChI=1S/C20H30O4/c1-2-18(21)14-10-8-9-12-16-19(22)15-11-6-4-3-5-7-13-17-20(23)24/h3-7,11,13,15,17-18,21-22H,2,8-10,12,14,16H2,1H3,(H,23,24). The molecule has 4 heteroatoms. The van der Waals surface area contributed by atoms with Gasteiger partial charge in [-0.3, -0.25) is 0 Å². The zero-order valence-electron chi connectivity index (χ0n) is 14.5. The molecule has 24 heavy (non-hydrogen) atoms. The van der Waals surface area contributed by atoms with E-state index in [1.54, 1.807) is 42.5 Å². The third-order valence-electron chi connectivity index (χ3n) is 3.39. The van der Waals surface area contributed by atoms with E-state index in [1.807, 2.05) is 6.92 Å². The van der Waals surface area contributed by atoms with Gasteiger partial charge in [-0.15, -0.1) is 0 Å². The maximum absolute atomic E-state index is 10.2. The van der Waals surface area contributed by atoms with Gasteiger partial charge in [-0.25, -0.2) is 4.79 Å².